The molecule has 48 heavy (non-hydrogen) atoms. The van der Waals surface area contributed by atoms with Crippen LogP contribution in [0.2, 0.25) is 0 Å². The summed E-state index contributed by atoms with van der Waals surface area (Å²) in [7, 11) is 0. The molecule has 0 aromatic heterocycles. The van der Waals surface area contributed by atoms with Gasteiger partial charge >= 0.3 is 0 Å². The van der Waals surface area contributed by atoms with Crippen LogP contribution in [0.5, 0.6) is 0 Å². The minimum absolute atomic E-state index is 0.451. The molecule has 6 aromatic carbocycles. The number of hydrogen-bond donors (Lipinski definition) is 0. The second kappa shape index (κ2) is 13.2. The molecule has 0 nitrogen and oxygen atoms in total. The summed E-state index contributed by atoms with van der Waals surface area (Å²) in [5, 5.41) is 7.93. The molecule has 0 aliphatic rings. The quantitative estimate of drug-likeness (QED) is 0.146. The Morgan fingerprint density at radius 1 is 0.292 bits per heavy atom. The lowest BCUT2D eigenvalue weighted by Gasteiger charge is -2.24. The molecule has 0 aliphatic carbocycles. The number of fused-ring (bicyclic) bond motifs is 5. The molecule has 0 atom stereocenters. The van der Waals surface area contributed by atoms with Crippen LogP contribution in [0, 0.1) is 0 Å². The Morgan fingerprint density at radius 3 is 1.08 bits per heavy atom. The summed E-state index contributed by atoms with van der Waals surface area (Å²) in [6.07, 6.45) is 0. The van der Waals surface area contributed by atoms with Crippen LogP contribution in [0.25, 0.3) is 54.6 Å². The summed E-state index contributed by atoms with van der Waals surface area (Å²) in [6, 6.07) is 33.6. The van der Waals surface area contributed by atoms with Crippen molar-refractivity contribution < 1.29 is 0 Å². The average molecular weight is 633 g/mol. The molecule has 0 spiro atoms. The molecule has 0 saturated heterocycles. The highest BCUT2D eigenvalue weighted by Gasteiger charge is 2.21. The molecule has 0 aliphatic heterocycles. The molecule has 6 aromatic rings. The molecular formula is C48H56. The van der Waals surface area contributed by atoms with Crippen LogP contribution in [0.3, 0.4) is 0 Å². The summed E-state index contributed by atoms with van der Waals surface area (Å²) >= 11 is 0. The van der Waals surface area contributed by atoms with Gasteiger partial charge in [-0.15, -0.1) is 0 Å². The largest absolute Gasteiger partial charge is 0.0587 e. The standard InChI is InChI=1S/C48H56/c1-27(2)37-23-42(29(5)6)47(43(24-37)30(7)8)35-17-18-39-34(21-35)16-20-41-40(39)19-15-33-13-14-36(22-46(33)41)48-44(31(9)10)25-38(28(3)4)26-45(48)32(11)12/h13-32H,1-12H3. The van der Waals surface area contributed by atoms with Crippen LogP contribution >= 0.6 is 0 Å². The Balaban J connectivity index is 1.56. The van der Waals surface area contributed by atoms with Gasteiger partial charge in [-0.25, -0.2) is 0 Å². The SMILES string of the molecule is CC(C)c1cc(C(C)C)c(-c2ccc3c(ccc4c5cc(-c6c(C(C)C)cc(C(C)C)cc6C(C)C)ccc5ccc34)c2)c(C(C)C)c1. The minimum Gasteiger partial charge on any atom is -0.0587 e. The molecule has 0 radical (unpaired) electrons. The van der Waals surface area contributed by atoms with Crippen LogP contribution in [0.15, 0.2) is 84.9 Å². The normalized spacial score (nSPS) is 12.5. The maximum absolute atomic E-state index is 2.47. The molecule has 0 heteroatoms. The fraction of sp³-hybridized carbons (Fsp3) is 0.375. The topological polar surface area (TPSA) is 0 Å². The molecule has 0 bridgehead atoms. The predicted octanol–water partition coefficient (Wildman–Crippen LogP) is 15.2. The van der Waals surface area contributed by atoms with Crippen LogP contribution in [-0.4, -0.2) is 0 Å². The molecular weight excluding hydrogens is 577 g/mol. The van der Waals surface area contributed by atoms with E-state index in [0.29, 0.717) is 35.5 Å². The van der Waals surface area contributed by atoms with Gasteiger partial charge in [-0.1, -0.05) is 156 Å². The molecule has 0 fully saturated rings. The van der Waals surface area contributed by atoms with E-state index < -0.39 is 0 Å². The minimum atomic E-state index is 0.451. The fourth-order valence-corrected chi connectivity index (χ4v) is 7.77. The Labute approximate surface area is 290 Å². The van der Waals surface area contributed by atoms with Crippen molar-refractivity contribution >= 4 is 32.3 Å². The lowest BCUT2D eigenvalue weighted by atomic mass is 9.81. The van der Waals surface area contributed by atoms with Crippen LogP contribution in [-0.2, 0) is 0 Å². The first-order valence-electron chi connectivity index (χ1n) is 18.5. The molecule has 0 saturated carbocycles. The van der Waals surface area contributed by atoms with Gasteiger partial charge in [0.15, 0.2) is 0 Å². The van der Waals surface area contributed by atoms with Gasteiger partial charge in [0.1, 0.15) is 0 Å². The first-order valence-corrected chi connectivity index (χ1v) is 18.5. The van der Waals surface area contributed by atoms with Gasteiger partial charge in [-0.3, -0.25) is 0 Å². The van der Waals surface area contributed by atoms with Crippen LogP contribution in [0.4, 0.5) is 0 Å². The van der Waals surface area contributed by atoms with Crippen molar-refractivity contribution in [3.63, 3.8) is 0 Å². The second-order valence-electron chi connectivity index (χ2n) is 16.2. The van der Waals surface area contributed by atoms with Gasteiger partial charge in [0.05, 0.1) is 0 Å². The number of rotatable bonds is 8. The monoisotopic (exact) mass is 632 g/mol. The number of hydrogen-bond acceptors (Lipinski definition) is 0. The zero-order valence-corrected chi connectivity index (χ0v) is 31.5. The van der Waals surface area contributed by atoms with E-state index in [0.717, 1.165) is 0 Å². The van der Waals surface area contributed by atoms with Crippen molar-refractivity contribution in [1.82, 2.24) is 0 Å². The van der Waals surface area contributed by atoms with E-state index in [4.69, 9.17) is 0 Å². The van der Waals surface area contributed by atoms with Gasteiger partial charge in [0, 0.05) is 0 Å². The van der Waals surface area contributed by atoms with Gasteiger partial charge in [-0.2, -0.15) is 0 Å². The van der Waals surface area contributed by atoms with Crippen molar-refractivity contribution in [2.45, 2.75) is 119 Å². The third-order valence-corrected chi connectivity index (χ3v) is 10.7. The van der Waals surface area contributed by atoms with E-state index in [1.165, 1.54) is 88.0 Å². The lowest BCUT2D eigenvalue weighted by Crippen LogP contribution is -2.03. The zero-order valence-electron chi connectivity index (χ0n) is 31.5. The molecule has 0 amide bonds. The maximum Gasteiger partial charge on any atom is -0.00987 e. The molecule has 0 heterocycles. The summed E-state index contributed by atoms with van der Waals surface area (Å²) < 4.78 is 0. The van der Waals surface area contributed by atoms with Crippen LogP contribution in [0.1, 0.15) is 152 Å². The second-order valence-corrected chi connectivity index (χ2v) is 16.2. The summed E-state index contributed by atoms with van der Waals surface area (Å²) in [6.45, 7) is 28.0. The molecule has 0 unspecified atom stereocenters. The van der Waals surface area contributed by atoms with E-state index in [9.17, 15) is 0 Å². The van der Waals surface area contributed by atoms with E-state index >= 15 is 0 Å². The summed E-state index contributed by atoms with van der Waals surface area (Å²) in [5.74, 6) is 2.84. The van der Waals surface area contributed by atoms with Crippen molar-refractivity contribution in [2.75, 3.05) is 0 Å². The van der Waals surface area contributed by atoms with Crippen molar-refractivity contribution in [3.8, 4) is 22.3 Å². The first-order chi connectivity index (χ1) is 22.8. The predicted molar refractivity (Wildman–Crippen MR) is 214 cm³/mol. The van der Waals surface area contributed by atoms with E-state index in [1.807, 2.05) is 0 Å². The Morgan fingerprint density at radius 2 is 0.646 bits per heavy atom. The van der Waals surface area contributed by atoms with Crippen LogP contribution < -0.4 is 0 Å². The van der Waals surface area contributed by atoms with Gasteiger partial charge in [0.2, 0.25) is 0 Å². The van der Waals surface area contributed by atoms with Crippen molar-refractivity contribution in [2.24, 2.45) is 0 Å². The molecule has 248 valence electrons. The summed E-state index contributed by atoms with van der Waals surface area (Å²) in [5.41, 5.74) is 14.3. The summed E-state index contributed by atoms with van der Waals surface area (Å²) in [4.78, 5) is 0. The maximum atomic E-state index is 2.47. The smallest absolute Gasteiger partial charge is 0.00987 e. The number of benzene rings is 6. The van der Waals surface area contributed by atoms with Crippen molar-refractivity contribution in [3.05, 3.63) is 118 Å². The third kappa shape index (κ3) is 6.09. The molecule has 0 N–H and O–H groups in total. The Bertz CT molecular complexity index is 2070. The van der Waals surface area contributed by atoms with Crippen molar-refractivity contribution in [1.29, 1.82) is 0 Å². The highest BCUT2D eigenvalue weighted by Crippen LogP contribution is 2.43. The lowest BCUT2D eigenvalue weighted by molar-refractivity contribution is 0.807. The molecule has 6 rings (SSSR count). The van der Waals surface area contributed by atoms with E-state index in [-0.39, 0.29) is 0 Å². The van der Waals surface area contributed by atoms with E-state index in [2.05, 4.69) is 168 Å². The van der Waals surface area contributed by atoms with Gasteiger partial charge in [0.25, 0.3) is 0 Å². The van der Waals surface area contributed by atoms with Gasteiger partial charge in [-0.05, 0) is 136 Å². The van der Waals surface area contributed by atoms with E-state index in [1.54, 1.807) is 0 Å². The average Bonchev–Trinajstić information content (AvgIpc) is 3.05. The Hall–Kier alpha value is -3.90. The highest BCUT2D eigenvalue weighted by molar-refractivity contribution is 6.18. The highest BCUT2D eigenvalue weighted by atomic mass is 14.3. The zero-order chi connectivity index (χ0) is 34.6. The van der Waals surface area contributed by atoms with Gasteiger partial charge < -0.3 is 0 Å². The Kier molecular flexibility index (Phi) is 9.34. The fourth-order valence-electron chi connectivity index (χ4n) is 7.77. The first kappa shape index (κ1) is 34.0. The third-order valence-electron chi connectivity index (χ3n) is 10.7.